The summed E-state index contributed by atoms with van der Waals surface area (Å²) < 4.78 is 2.65. The molecule has 19 heavy (non-hydrogen) atoms. The Hall–Kier alpha value is -1.30. The average molecular weight is 329 g/mol. The number of hydrogen-bond acceptors (Lipinski definition) is 2. The number of carboxylic acid groups (broad SMARTS) is 1. The molecule has 0 spiro atoms. The summed E-state index contributed by atoms with van der Waals surface area (Å²) in [6.45, 7) is 2.41. The molecule has 6 heteroatoms. The first-order valence-corrected chi connectivity index (χ1v) is 7.05. The van der Waals surface area contributed by atoms with E-state index in [9.17, 15) is 9.59 Å². The van der Waals surface area contributed by atoms with Crippen molar-refractivity contribution in [2.45, 2.75) is 25.8 Å². The zero-order valence-electron chi connectivity index (χ0n) is 11.0. The predicted molar refractivity (Wildman–Crippen MR) is 74.0 cm³/mol. The van der Waals surface area contributed by atoms with Crippen LogP contribution in [0.3, 0.4) is 0 Å². The lowest BCUT2D eigenvalue weighted by Gasteiger charge is -2.36. The van der Waals surface area contributed by atoms with Crippen molar-refractivity contribution >= 4 is 27.8 Å². The number of carbonyl (C=O) groups excluding carboxylic acids is 1. The molecule has 2 rings (SSSR count). The summed E-state index contributed by atoms with van der Waals surface area (Å²) >= 11 is 3.35. The van der Waals surface area contributed by atoms with Crippen molar-refractivity contribution in [1.82, 2.24) is 9.47 Å². The van der Waals surface area contributed by atoms with Gasteiger partial charge < -0.3 is 14.6 Å². The van der Waals surface area contributed by atoms with Crippen LogP contribution in [0.25, 0.3) is 0 Å². The van der Waals surface area contributed by atoms with Gasteiger partial charge in [0.15, 0.2) is 0 Å². The van der Waals surface area contributed by atoms with Crippen LogP contribution < -0.4 is 0 Å². The van der Waals surface area contributed by atoms with Crippen molar-refractivity contribution < 1.29 is 14.7 Å². The molecule has 0 saturated carbocycles. The maximum Gasteiger partial charge on any atom is 0.306 e. The molecule has 104 valence electrons. The fraction of sp³-hybridized carbons (Fsp3) is 0.538. The molecule has 0 aliphatic carbocycles. The lowest BCUT2D eigenvalue weighted by Crippen LogP contribution is -2.46. The fourth-order valence-corrected chi connectivity index (χ4v) is 3.11. The van der Waals surface area contributed by atoms with Gasteiger partial charge in [-0.05, 0) is 41.8 Å². The number of carboxylic acids is 1. The van der Waals surface area contributed by atoms with Gasteiger partial charge in [0.1, 0.15) is 5.69 Å². The van der Waals surface area contributed by atoms with Crippen molar-refractivity contribution in [2.24, 2.45) is 13.0 Å². The molecule has 1 N–H and O–H groups in total. The van der Waals surface area contributed by atoms with E-state index in [1.54, 1.807) is 15.5 Å². The van der Waals surface area contributed by atoms with Crippen LogP contribution in [-0.4, -0.2) is 39.0 Å². The second kappa shape index (κ2) is 5.36. The van der Waals surface area contributed by atoms with Crippen LogP contribution in [0, 0.1) is 5.92 Å². The Morgan fingerprint density at radius 2 is 2.16 bits per heavy atom. The van der Waals surface area contributed by atoms with E-state index in [1.807, 2.05) is 20.2 Å². The molecule has 2 unspecified atom stereocenters. The zero-order chi connectivity index (χ0) is 14.2. The second-order valence-corrected chi connectivity index (χ2v) is 5.98. The Kier molecular flexibility index (Phi) is 3.99. The molecule has 1 aromatic heterocycles. The summed E-state index contributed by atoms with van der Waals surface area (Å²) in [7, 11) is 1.83. The number of rotatable bonds is 2. The van der Waals surface area contributed by atoms with Crippen molar-refractivity contribution in [3.05, 3.63) is 22.4 Å². The number of aryl methyl sites for hydroxylation is 1. The monoisotopic (exact) mass is 328 g/mol. The zero-order valence-corrected chi connectivity index (χ0v) is 12.6. The summed E-state index contributed by atoms with van der Waals surface area (Å²) in [5.41, 5.74) is 0.618. The van der Waals surface area contributed by atoms with E-state index >= 15 is 0 Å². The smallest absolute Gasteiger partial charge is 0.306 e. The molecular formula is C13H17BrN2O3. The number of piperidine rings is 1. The minimum Gasteiger partial charge on any atom is -0.481 e. The molecule has 1 fully saturated rings. The number of likely N-dealkylation sites (tertiary alicyclic amines) is 1. The van der Waals surface area contributed by atoms with Crippen molar-refractivity contribution in [3.8, 4) is 0 Å². The van der Waals surface area contributed by atoms with E-state index in [-0.39, 0.29) is 17.9 Å². The molecule has 5 nitrogen and oxygen atoms in total. The highest BCUT2D eigenvalue weighted by Gasteiger charge is 2.33. The Morgan fingerprint density at radius 3 is 2.63 bits per heavy atom. The number of aliphatic carboxylic acids is 1. The molecule has 2 heterocycles. The van der Waals surface area contributed by atoms with Gasteiger partial charge in [-0.2, -0.15) is 0 Å². The van der Waals surface area contributed by atoms with Gasteiger partial charge in [-0.25, -0.2) is 0 Å². The van der Waals surface area contributed by atoms with Crippen LogP contribution in [0.1, 0.15) is 30.3 Å². The SMILES string of the molecule is CC1CC(C(=O)O)CCN1C(=O)c1cc(Br)cn1C. The van der Waals surface area contributed by atoms with Crippen LogP contribution in [0.2, 0.25) is 0 Å². The van der Waals surface area contributed by atoms with Gasteiger partial charge in [-0.3, -0.25) is 9.59 Å². The van der Waals surface area contributed by atoms with Gasteiger partial charge >= 0.3 is 5.97 Å². The van der Waals surface area contributed by atoms with Crippen LogP contribution in [-0.2, 0) is 11.8 Å². The largest absolute Gasteiger partial charge is 0.481 e. The van der Waals surface area contributed by atoms with Gasteiger partial charge in [0.2, 0.25) is 0 Å². The van der Waals surface area contributed by atoms with E-state index < -0.39 is 5.97 Å². The molecule has 0 radical (unpaired) electrons. The number of aromatic nitrogens is 1. The van der Waals surface area contributed by atoms with Gasteiger partial charge in [0.25, 0.3) is 5.91 Å². The summed E-state index contributed by atoms with van der Waals surface area (Å²) in [5, 5.41) is 9.03. The highest BCUT2D eigenvalue weighted by Crippen LogP contribution is 2.25. The normalized spacial score (nSPS) is 23.4. The summed E-state index contributed by atoms with van der Waals surface area (Å²) in [6.07, 6.45) is 2.88. The third-order valence-electron chi connectivity index (χ3n) is 3.68. The van der Waals surface area contributed by atoms with Crippen molar-refractivity contribution in [2.75, 3.05) is 6.54 Å². The molecule has 0 aromatic carbocycles. The molecule has 1 aliphatic rings. The van der Waals surface area contributed by atoms with Crippen LogP contribution >= 0.6 is 15.9 Å². The van der Waals surface area contributed by atoms with Gasteiger partial charge in [0, 0.05) is 30.3 Å². The van der Waals surface area contributed by atoms with Crippen LogP contribution in [0.4, 0.5) is 0 Å². The van der Waals surface area contributed by atoms with Gasteiger partial charge in [-0.1, -0.05) is 0 Å². The summed E-state index contributed by atoms with van der Waals surface area (Å²) in [4.78, 5) is 25.2. The van der Waals surface area contributed by atoms with Gasteiger partial charge in [-0.15, -0.1) is 0 Å². The number of hydrogen-bond donors (Lipinski definition) is 1. The highest BCUT2D eigenvalue weighted by atomic mass is 79.9. The minimum absolute atomic E-state index is 0.0375. The van der Waals surface area contributed by atoms with Crippen LogP contribution in [0.5, 0.6) is 0 Å². The number of carbonyl (C=O) groups is 2. The third kappa shape index (κ3) is 2.83. The fourth-order valence-electron chi connectivity index (χ4n) is 2.58. The molecule has 1 aliphatic heterocycles. The first-order valence-electron chi connectivity index (χ1n) is 6.25. The molecule has 0 bridgehead atoms. The second-order valence-electron chi connectivity index (χ2n) is 5.06. The summed E-state index contributed by atoms with van der Waals surface area (Å²) in [6, 6.07) is 1.74. The molecule has 1 amide bonds. The predicted octanol–water partition coefficient (Wildman–Crippen LogP) is 2.11. The molecule has 1 saturated heterocycles. The third-order valence-corrected chi connectivity index (χ3v) is 4.11. The van der Waals surface area contributed by atoms with E-state index in [4.69, 9.17) is 5.11 Å². The Bertz CT molecular complexity index is 512. The highest BCUT2D eigenvalue weighted by molar-refractivity contribution is 9.10. The maximum atomic E-state index is 12.5. The van der Waals surface area contributed by atoms with E-state index in [0.717, 1.165) is 4.47 Å². The Morgan fingerprint density at radius 1 is 1.47 bits per heavy atom. The lowest BCUT2D eigenvalue weighted by molar-refractivity contribution is -0.143. The van der Waals surface area contributed by atoms with E-state index in [0.29, 0.717) is 25.1 Å². The lowest BCUT2D eigenvalue weighted by atomic mass is 9.91. The van der Waals surface area contributed by atoms with E-state index in [2.05, 4.69) is 15.9 Å². The Balaban J connectivity index is 2.13. The first-order chi connectivity index (χ1) is 8.90. The molecule has 1 aromatic rings. The topological polar surface area (TPSA) is 62.5 Å². The number of amides is 1. The van der Waals surface area contributed by atoms with Crippen molar-refractivity contribution in [1.29, 1.82) is 0 Å². The standard InChI is InChI=1S/C13H17BrN2O3/c1-8-5-9(13(18)19)3-4-16(8)12(17)11-6-10(14)7-15(11)2/h6-9H,3-5H2,1-2H3,(H,18,19). The summed E-state index contributed by atoms with van der Waals surface area (Å²) in [5.74, 6) is -1.13. The Labute approximate surface area is 120 Å². The maximum absolute atomic E-state index is 12.5. The minimum atomic E-state index is -0.763. The molecular weight excluding hydrogens is 312 g/mol. The van der Waals surface area contributed by atoms with Crippen molar-refractivity contribution in [3.63, 3.8) is 0 Å². The average Bonchev–Trinajstić information content (AvgIpc) is 2.67. The molecule has 2 atom stereocenters. The van der Waals surface area contributed by atoms with Gasteiger partial charge in [0.05, 0.1) is 5.92 Å². The first kappa shape index (κ1) is 14.1. The quantitative estimate of drug-likeness (QED) is 0.904. The number of halogens is 1. The van der Waals surface area contributed by atoms with Crippen LogP contribution in [0.15, 0.2) is 16.7 Å². The number of nitrogens with zero attached hydrogens (tertiary/aromatic N) is 2. The van der Waals surface area contributed by atoms with E-state index in [1.165, 1.54) is 0 Å².